The normalized spacial score (nSPS) is 14.3. The summed E-state index contributed by atoms with van der Waals surface area (Å²) in [5.74, 6) is 3.51. The SMILES string of the molecule is c1cc(-c2ccc3c(c2)C2(c4ccccc4O3)c3ccccc3-c3ccccc32)cc(N(c2ccc3c(c2)C2(c4ccccc4O3)c3ccccc3-c3ccccc32)c2cccc3sc4ccccc4c23)c1. The molecule has 0 unspecified atom stereocenters. The zero-order valence-electron chi connectivity index (χ0n) is 38.8. The first-order valence-corrected chi connectivity index (χ1v) is 25.5. The summed E-state index contributed by atoms with van der Waals surface area (Å²) in [5, 5.41) is 2.48. The fourth-order valence-corrected chi connectivity index (χ4v) is 14.3. The average molecular weight is 936 g/mol. The van der Waals surface area contributed by atoms with E-state index in [2.05, 4.69) is 254 Å². The molecule has 0 saturated carbocycles. The first-order chi connectivity index (χ1) is 35.7. The Morgan fingerprint density at radius 2 is 0.750 bits per heavy atom. The number of benzene rings is 11. The zero-order chi connectivity index (χ0) is 47.1. The molecule has 12 aromatic rings. The molecule has 0 atom stereocenters. The van der Waals surface area contributed by atoms with Crippen LogP contribution in [0.1, 0.15) is 44.5 Å². The predicted octanol–water partition coefficient (Wildman–Crippen LogP) is 18.1. The number of anilines is 3. The van der Waals surface area contributed by atoms with Crippen LogP contribution in [0.5, 0.6) is 23.0 Å². The van der Waals surface area contributed by atoms with Crippen molar-refractivity contribution in [2.45, 2.75) is 10.8 Å². The van der Waals surface area contributed by atoms with E-state index in [4.69, 9.17) is 9.47 Å². The second-order valence-electron chi connectivity index (χ2n) is 19.4. The van der Waals surface area contributed by atoms with E-state index >= 15 is 0 Å². The van der Waals surface area contributed by atoms with Crippen LogP contribution in [-0.4, -0.2) is 0 Å². The molecule has 0 saturated heterocycles. The van der Waals surface area contributed by atoms with E-state index in [1.54, 1.807) is 0 Å². The Kier molecular flexibility index (Phi) is 8.18. The molecule has 3 heterocycles. The van der Waals surface area contributed by atoms with E-state index in [0.29, 0.717) is 0 Å². The van der Waals surface area contributed by atoms with Crippen molar-refractivity contribution in [1.82, 2.24) is 0 Å². The number of ether oxygens (including phenoxy) is 2. The minimum atomic E-state index is -0.612. The van der Waals surface area contributed by atoms with Gasteiger partial charge in [0.05, 0.1) is 16.5 Å². The average Bonchev–Trinajstić information content (AvgIpc) is 4.08. The quantitative estimate of drug-likeness (QED) is 0.176. The third kappa shape index (κ3) is 5.18. The van der Waals surface area contributed by atoms with E-state index < -0.39 is 10.8 Å². The van der Waals surface area contributed by atoms with Crippen molar-refractivity contribution in [2.24, 2.45) is 0 Å². The van der Waals surface area contributed by atoms with Gasteiger partial charge in [0, 0.05) is 53.8 Å². The van der Waals surface area contributed by atoms with Gasteiger partial charge < -0.3 is 14.4 Å². The summed E-state index contributed by atoms with van der Waals surface area (Å²) >= 11 is 1.85. The Morgan fingerprint density at radius 3 is 1.36 bits per heavy atom. The number of thiophene rings is 1. The highest BCUT2D eigenvalue weighted by Gasteiger charge is 2.52. The van der Waals surface area contributed by atoms with Crippen molar-refractivity contribution in [1.29, 1.82) is 0 Å². The van der Waals surface area contributed by atoms with Crippen molar-refractivity contribution in [3.63, 3.8) is 0 Å². The van der Waals surface area contributed by atoms with Crippen molar-refractivity contribution in [3.05, 3.63) is 293 Å². The molecular formula is C68H41NO2S. The number of hydrogen-bond acceptors (Lipinski definition) is 4. The van der Waals surface area contributed by atoms with E-state index in [1.165, 1.54) is 64.7 Å². The van der Waals surface area contributed by atoms with Crippen LogP contribution in [0.2, 0.25) is 0 Å². The van der Waals surface area contributed by atoms with Crippen LogP contribution >= 0.6 is 11.3 Å². The highest BCUT2D eigenvalue weighted by molar-refractivity contribution is 7.26. The molecule has 0 radical (unpaired) electrons. The molecule has 0 bridgehead atoms. The summed E-state index contributed by atoms with van der Waals surface area (Å²) in [6.45, 7) is 0. The summed E-state index contributed by atoms with van der Waals surface area (Å²) in [5.41, 5.74) is 19.0. The molecule has 16 rings (SSSR count). The van der Waals surface area contributed by atoms with Crippen LogP contribution in [0.3, 0.4) is 0 Å². The van der Waals surface area contributed by atoms with Gasteiger partial charge in [-0.25, -0.2) is 0 Å². The number of para-hydroxylation sites is 2. The van der Waals surface area contributed by atoms with Crippen LogP contribution < -0.4 is 14.4 Å². The molecule has 4 aliphatic rings. The maximum atomic E-state index is 6.96. The monoisotopic (exact) mass is 935 g/mol. The van der Waals surface area contributed by atoms with Crippen LogP contribution in [0, 0.1) is 0 Å². The molecule has 72 heavy (non-hydrogen) atoms. The van der Waals surface area contributed by atoms with E-state index in [9.17, 15) is 0 Å². The molecule has 1 aromatic heterocycles. The molecule has 3 nitrogen and oxygen atoms in total. The third-order valence-corrected chi connectivity index (χ3v) is 17.1. The molecule has 2 aliphatic heterocycles. The first kappa shape index (κ1) is 39.8. The van der Waals surface area contributed by atoms with Crippen molar-refractivity contribution in [3.8, 4) is 56.4 Å². The second kappa shape index (κ2) is 14.8. The number of fused-ring (bicyclic) bond motifs is 21. The molecule has 0 N–H and O–H groups in total. The topological polar surface area (TPSA) is 21.7 Å². The standard InChI is InChI=1S/C68H41NO2S/c1-6-24-51-46(19-1)47-20-2-7-25-52(47)67(51)55-28-10-12-31-60(55)70-62-37-35-43(40-57(62)67)42-17-15-18-44(39-42)69(59-30-16-34-65-66(59)50-23-5-14-33-64(50)72-65)45-36-38-63-58(41-45)68(56-29-11-13-32-61(56)71-63)53-26-8-3-21-48(53)49-22-4-9-27-54(49)68/h1-41H. The first-order valence-electron chi connectivity index (χ1n) is 24.7. The molecule has 11 aromatic carbocycles. The van der Waals surface area contributed by atoms with Gasteiger partial charge >= 0.3 is 0 Å². The van der Waals surface area contributed by atoms with Gasteiger partial charge in [-0.2, -0.15) is 0 Å². The lowest BCUT2D eigenvalue weighted by Gasteiger charge is -2.40. The minimum Gasteiger partial charge on any atom is -0.457 e. The van der Waals surface area contributed by atoms with E-state index in [1.807, 2.05) is 11.3 Å². The highest BCUT2D eigenvalue weighted by atomic mass is 32.1. The predicted molar refractivity (Wildman–Crippen MR) is 294 cm³/mol. The van der Waals surface area contributed by atoms with Gasteiger partial charge in [0.1, 0.15) is 23.0 Å². The van der Waals surface area contributed by atoms with E-state index in [0.717, 1.165) is 73.4 Å². The van der Waals surface area contributed by atoms with Crippen LogP contribution in [0.25, 0.3) is 53.6 Å². The molecule has 0 fully saturated rings. The highest BCUT2D eigenvalue weighted by Crippen LogP contribution is 2.64. The van der Waals surface area contributed by atoms with Gasteiger partial charge in [-0.05, 0) is 128 Å². The summed E-state index contributed by atoms with van der Waals surface area (Å²) in [7, 11) is 0. The van der Waals surface area contributed by atoms with Gasteiger partial charge in [0.15, 0.2) is 0 Å². The fourth-order valence-electron chi connectivity index (χ4n) is 13.2. The van der Waals surface area contributed by atoms with Gasteiger partial charge in [0.25, 0.3) is 0 Å². The largest absolute Gasteiger partial charge is 0.457 e. The van der Waals surface area contributed by atoms with Crippen LogP contribution in [0.15, 0.2) is 249 Å². The zero-order valence-corrected chi connectivity index (χ0v) is 39.7. The van der Waals surface area contributed by atoms with Gasteiger partial charge in [-0.3, -0.25) is 0 Å². The lowest BCUT2D eigenvalue weighted by molar-refractivity contribution is 0.436. The third-order valence-electron chi connectivity index (χ3n) is 16.0. The Morgan fingerprint density at radius 1 is 0.306 bits per heavy atom. The van der Waals surface area contributed by atoms with Crippen molar-refractivity contribution < 1.29 is 9.47 Å². The Bertz CT molecular complexity index is 4190. The summed E-state index contributed by atoms with van der Waals surface area (Å²) < 4.78 is 16.3. The Balaban J connectivity index is 0.932. The molecular weight excluding hydrogens is 895 g/mol. The smallest absolute Gasteiger partial charge is 0.132 e. The maximum Gasteiger partial charge on any atom is 0.132 e. The second-order valence-corrected chi connectivity index (χ2v) is 20.5. The molecule has 2 aliphatic carbocycles. The lowest BCUT2D eigenvalue weighted by atomic mass is 9.66. The number of rotatable bonds is 4. The Hall–Kier alpha value is -8.96. The summed E-state index contributed by atoms with van der Waals surface area (Å²) in [4.78, 5) is 2.48. The van der Waals surface area contributed by atoms with Crippen molar-refractivity contribution >= 4 is 48.6 Å². The number of nitrogens with zero attached hydrogens (tertiary/aromatic N) is 1. The number of hydrogen-bond donors (Lipinski definition) is 0. The maximum absolute atomic E-state index is 6.96. The minimum absolute atomic E-state index is 0.566. The fraction of sp³-hybridized carbons (Fsp3) is 0.0294. The van der Waals surface area contributed by atoms with Gasteiger partial charge in [-0.1, -0.05) is 176 Å². The van der Waals surface area contributed by atoms with Crippen LogP contribution in [-0.2, 0) is 10.8 Å². The summed E-state index contributed by atoms with van der Waals surface area (Å²) in [6.07, 6.45) is 0. The van der Waals surface area contributed by atoms with Gasteiger partial charge in [-0.15, -0.1) is 11.3 Å². The molecule has 2 spiro atoms. The summed E-state index contributed by atoms with van der Waals surface area (Å²) in [6, 6.07) is 91.4. The lowest BCUT2D eigenvalue weighted by Crippen LogP contribution is -2.32. The molecule has 336 valence electrons. The van der Waals surface area contributed by atoms with Gasteiger partial charge in [0.2, 0.25) is 0 Å². The Labute approximate surface area is 421 Å². The van der Waals surface area contributed by atoms with E-state index in [-0.39, 0.29) is 0 Å². The molecule has 0 amide bonds. The van der Waals surface area contributed by atoms with Crippen molar-refractivity contribution in [2.75, 3.05) is 4.90 Å². The molecule has 4 heteroatoms. The van der Waals surface area contributed by atoms with Crippen LogP contribution in [0.4, 0.5) is 17.1 Å².